The van der Waals surface area contributed by atoms with E-state index >= 15 is 0 Å². The van der Waals surface area contributed by atoms with Crippen molar-refractivity contribution in [1.82, 2.24) is 0 Å². The number of carbonyl (C=O) groups excluding carboxylic acids is 1. The van der Waals surface area contributed by atoms with E-state index < -0.39 is 58.0 Å². The van der Waals surface area contributed by atoms with Gasteiger partial charge in [-0.15, -0.1) is 0 Å². The highest BCUT2D eigenvalue weighted by molar-refractivity contribution is 5.74. The number of carbonyl (C=O) groups is 1. The first-order valence-corrected chi connectivity index (χ1v) is 12.6. The first-order valence-electron chi connectivity index (χ1n) is 12.6. The Morgan fingerprint density at radius 2 is 1.82 bits per heavy atom. The molecule has 33 heavy (non-hydrogen) atoms. The van der Waals surface area contributed by atoms with Crippen LogP contribution in [0.5, 0.6) is 0 Å². The maximum absolute atomic E-state index is 12.8. The van der Waals surface area contributed by atoms with Crippen molar-refractivity contribution in [2.75, 3.05) is 13.2 Å². The van der Waals surface area contributed by atoms with Crippen LogP contribution in [0.3, 0.4) is 0 Å². The molecule has 5 aliphatic rings. The third-order valence-corrected chi connectivity index (χ3v) is 10.3. The Labute approximate surface area is 195 Å². The van der Waals surface area contributed by atoms with Crippen molar-refractivity contribution in [3.8, 4) is 0 Å². The smallest absolute Gasteiger partial charge is 0.309 e. The summed E-state index contributed by atoms with van der Waals surface area (Å²) in [5.74, 6) is -2.44. The van der Waals surface area contributed by atoms with E-state index in [2.05, 4.69) is 0 Å². The highest BCUT2D eigenvalue weighted by atomic mass is 16.7. The fourth-order valence-corrected chi connectivity index (χ4v) is 8.89. The molecule has 0 unspecified atom stereocenters. The summed E-state index contributed by atoms with van der Waals surface area (Å²) in [4.78, 5) is 12.8. The molecule has 188 valence electrons. The average molecular weight is 469 g/mol. The quantitative estimate of drug-likeness (QED) is 0.450. The van der Waals surface area contributed by atoms with E-state index in [1.165, 1.54) is 0 Å². The van der Waals surface area contributed by atoms with Crippen molar-refractivity contribution >= 4 is 5.97 Å². The number of fused-ring (bicyclic) bond motifs is 3. The Kier molecular flexibility index (Phi) is 5.35. The largest absolute Gasteiger partial charge is 0.466 e. The lowest BCUT2D eigenvalue weighted by molar-refractivity contribution is -0.401. The van der Waals surface area contributed by atoms with Crippen LogP contribution in [0.25, 0.3) is 0 Å². The molecule has 10 atom stereocenters. The van der Waals surface area contributed by atoms with Crippen molar-refractivity contribution in [2.45, 2.75) is 108 Å². The highest BCUT2D eigenvalue weighted by Gasteiger charge is 2.77. The third-order valence-electron chi connectivity index (χ3n) is 10.3. The first-order chi connectivity index (χ1) is 15.3. The fourth-order valence-electron chi connectivity index (χ4n) is 8.89. The molecule has 4 aliphatic carbocycles. The molecule has 0 radical (unpaired) electrons. The van der Waals surface area contributed by atoms with E-state index in [0.29, 0.717) is 32.1 Å². The molecule has 1 heterocycles. The van der Waals surface area contributed by atoms with Gasteiger partial charge in [0.2, 0.25) is 0 Å². The minimum absolute atomic E-state index is 0.195. The number of ether oxygens (including phenoxy) is 3. The monoisotopic (exact) mass is 468 g/mol. The van der Waals surface area contributed by atoms with Crippen molar-refractivity contribution in [1.29, 1.82) is 0 Å². The molecule has 1 aliphatic heterocycles. The SMILES string of the molecule is CCOC(=O)[C@H]1CC[C@@]2(O)[C@@H]3CC[C@@]4(O)C[C@@H](O)C[C@H]5OC(C)(C)OC[C@]54[C@H]3[C@H](O)C[C@]12C. The van der Waals surface area contributed by atoms with E-state index in [1.54, 1.807) is 6.92 Å². The molecule has 0 aromatic rings. The summed E-state index contributed by atoms with van der Waals surface area (Å²) < 4.78 is 17.8. The van der Waals surface area contributed by atoms with Crippen molar-refractivity contribution in [2.24, 2.45) is 28.6 Å². The van der Waals surface area contributed by atoms with Gasteiger partial charge in [-0.1, -0.05) is 6.92 Å². The Bertz CT molecular complexity index is 816. The standard InChI is InChI=1S/C25H40O8/c1-5-31-20(28)16-7-9-25(30)15-6-8-23(29)11-14(26)10-18-24(23,13-32-21(2,3)33-18)19(15)17(27)12-22(16,25)4/h14-19,26-27,29-30H,5-13H2,1-4H3/t14-,15+,16+,17+,18+,19+,22+,23+,24+,25+/m0/s1. The fraction of sp³-hybridized carbons (Fsp3) is 0.960. The third kappa shape index (κ3) is 3.01. The van der Waals surface area contributed by atoms with E-state index in [0.717, 1.165) is 0 Å². The second-order valence-electron chi connectivity index (χ2n) is 12.1. The predicted octanol–water partition coefficient (Wildman–Crippen LogP) is 1.51. The van der Waals surface area contributed by atoms with Crippen LogP contribution in [0.4, 0.5) is 0 Å². The van der Waals surface area contributed by atoms with E-state index in [9.17, 15) is 25.2 Å². The minimum atomic E-state index is -1.27. The predicted molar refractivity (Wildman–Crippen MR) is 117 cm³/mol. The highest BCUT2D eigenvalue weighted by Crippen LogP contribution is 2.71. The van der Waals surface area contributed by atoms with Crippen LogP contribution in [0.15, 0.2) is 0 Å². The zero-order valence-corrected chi connectivity index (χ0v) is 20.2. The summed E-state index contributed by atoms with van der Waals surface area (Å²) >= 11 is 0. The Balaban J connectivity index is 1.58. The van der Waals surface area contributed by atoms with Gasteiger partial charge in [-0.05, 0) is 58.8 Å². The van der Waals surface area contributed by atoms with Gasteiger partial charge in [-0.3, -0.25) is 4.79 Å². The number of aliphatic hydroxyl groups is 4. The van der Waals surface area contributed by atoms with Crippen molar-refractivity contribution in [3.05, 3.63) is 0 Å². The minimum Gasteiger partial charge on any atom is -0.466 e. The number of hydrogen-bond donors (Lipinski definition) is 4. The molecule has 8 nitrogen and oxygen atoms in total. The van der Waals surface area contributed by atoms with Crippen LogP contribution >= 0.6 is 0 Å². The molecule has 0 bridgehead atoms. The molecular weight excluding hydrogens is 428 g/mol. The maximum atomic E-state index is 12.8. The molecule has 0 aromatic carbocycles. The van der Waals surface area contributed by atoms with E-state index in [-0.39, 0.29) is 37.9 Å². The van der Waals surface area contributed by atoms with E-state index in [4.69, 9.17) is 14.2 Å². The van der Waals surface area contributed by atoms with Crippen LogP contribution in [-0.2, 0) is 19.0 Å². The van der Waals surface area contributed by atoms with Crippen LogP contribution in [-0.4, -0.2) is 74.9 Å². The van der Waals surface area contributed by atoms with Crippen molar-refractivity contribution < 1.29 is 39.4 Å². The summed E-state index contributed by atoms with van der Waals surface area (Å²) in [6, 6.07) is 0. The number of hydrogen-bond acceptors (Lipinski definition) is 8. The molecule has 4 N–H and O–H groups in total. The molecule has 4 saturated carbocycles. The molecule has 5 fully saturated rings. The van der Waals surface area contributed by atoms with Gasteiger partial charge in [-0.2, -0.15) is 0 Å². The van der Waals surface area contributed by atoms with Crippen molar-refractivity contribution in [3.63, 3.8) is 0 Å². The summed E-state index contributed by atoms with van der Waals surface area (Å²) in [5.41, 5.74) is -4.19. The van der Waals surface area contributed by atoms with Gasteiger partial charge in [-0.25, -0.2) is 0 Å². The van der Waals surface area contributed by atoms with Gasteiger partial charge in [0, 0.05) is 24.2 Å². The lowest BCUT2D eigenvalue weighted by atomic mass is 9.40. The lowest BCUT2D eigenvalue weighted by Gasteiger charge is -2.70. The lowest BCUT2D eigenvalue weighted by Crippen LogP contribution is -2.78. The second kappa shape index (κ2) is 7.37. The molecule has 0 amide bonds. The number of aliphatic hydroxyl groups excluding tert-OH is 2. The van der Waals surface area contributed by atoms with Crippen LogP contribution < -0.4 is 0 Å². The Morgan fingerprint density at radius 1 is 1.09 bits per heavy atom. The number of rotatable bonds is 2. The van der Waals surface area contributed by atoms with Gasteiger partial charge >= 0.3 is 5.97 Å². The second-order valence-corrected chi connectivity index (χ2v) is 12.1. The van der Waals surface area contributed by atoms with Gasteiger partial charge < -0.3 is 34.6 Å². The van der Waals surface area contributed by atoms with Crippen LogP contribution in [0, 0.1) is 28.6 Å². The molecule has 1 spiro atoms. The summed E-state index contributed by atoms with van der Waals surface area (Å²) in [6.45, 7) is 7.81. The Morgan fingerprint density at radius 3 is 2.52 bits per heavy atom. The molecule has 5 rings (SSSR count). The van der Waals surface area contributed by atoms with Gasteiger partial charge in [0.1, 0.15) is 0 Å². The first kappa shape index (κ1) is 23.9. The summed E-state index contributed by atoms with van der Waals surface area (Å²) in [7, 11) is 0. The topological polar surface area (TPSA) is 126 Å². The Hall–Kier alpha value is -0.770. The average Bonchev–Trinajstić information content (AvgIpc) is 2.97. The van der Waals surface area contributed by atoms with Crippen LogP contribution in [0.2, 0.25) is 0 Å². The van der Waals surface area contributed by atoms with Crippen LogP contribution in [0.1, 0.15) is 72.6 Å². The molecular formula is C25H40O8. The zero-order valence-electron chi connectivity index (χ0n) is 20.2. The van der Waals surface area contributed by atoms with E-state index in [1.807, 2.05) is 20.8 Å². The summed E-state index contributed by atoms with van der Waals surface area (Å²) in [6.07, 6.45) is 0.587. The summed E-state index contributed by atoms with van der Waals surface area (Å²) in [5, 5.41) is 46.6. The normalized spacial score (nSPS) is 55.0. The molecule has 0 aromatic heterocycles. The molecule has 1 saturated heterocycles. The maximum Gasteiger partial charge on any atom is 0.309 e. The van der Waals surface area contributed by atoms with Gasteiger partial charge in [0.05, 0.1) is 54.1 Å². The molecule has 8 heteroatoms. The van der Waals surface area contributed by atoms with Gasteiger partial charge in [0.25, 0.3) is 0 Å². The zero-order chi connectivity index (χ0) is 24.0. The van der Waals surface area contributed by atoms with Gasteiger partial charge in [0.15, 0.2) is 5.79 Å². The number of esters is 1.